The second kappa shape index (κ2) is 7.12. The van der Waals surface area contributed by atoms with Gasteiger partial charge < -0.3 is 15.0 Å². The minimum Gasteiger partial charge on any atom is -0.403 e. The van der Waals surface area contributed by atoms with Crippen LogP contribution in [0.3, 0.4) is 0 Å². The smallest absolute Gasteiger partial charge is 0.403 e. The maximum absolute atomic E-state index is 12.7. The number of aromatic amines is 1. The predicted octanol–water partition coefficient (Wildman–Crippen LogP) is 4.90. The molecule has 8 heteroatoms. The molecular formula is C21H16F3N3O2. The Morgan fingerprint density at radius 2 is 1.90 bits per heavy atom. The van der Waals surface area contributed by atoms with Crippen LogP contribution in [0.25, 0.3) is 21.8 Å². The van der Waals surface area contributed by atoms with Crippen LogP contribution in [0.15, 0.2) is 59.4 Å². The number of rotatable bonds is 4. The molecule has 29 heavy (non-hydrogen) atoms. The van der Waals surface area contributed by atoms with Gasteiger partial charge in [-0.05, 0) is 36.6 Å². The highest BCUT2D eigenvalue weighted by atomic mass is 19.4. The number of fused-ring (bicyclic) bond motifs is 2. The summed E-state index contributed by atoms with van der Waals surface area (Å²) in [5, 5.41) is 4.50. The Morgan fingerprint density at radius 1 is 1.10 bits per heavy atom. The van der Waals surface area contributed by atoms with Crippen molar-refractivity contribution >= 4 is 27.5 Å². The van der Waals surface area contributed by atoms with Gasteiger partial charge in [0.25, 0.3) is 5.56 Å². The lowest BCUT2D eigenvalue weighted by atomic mass is 10.1. The number of anilines is 1. The summed E-state index contributed by atoms with van der Waals surface area (Å²) in [6.45, 7) is 1.88. The molecule has 0 aliphatic rings. The lowest BCUT2D eigenvalue weighted by molar-refractivity contribution is -0.274. The van der Waals surface area contributed by atoms with E-state index < -0.39 is 6.36 Å². The Balaban J connectivity index is 1.71. The lowest BCUT2D eigenvalue weighted by Gasteiger charge is -2.14. The first-order valence-electron chi connectivity index (χ1n) is 8.81. The minimum absolute atomic E-state index is 0.0970. The molecule has 0 atom stereocenters. The van der Waals surface area contributed by atoms with Gasteiger partial charge in [-0.25, -0.2) is 4.98 Å². The van der Waals surface area contributed by atoms with Gasteiger partial charge in [0.15, 0.2) is 5.75 Å². The molecule has 0 saturated heterocycles. The van der Waals surface area contributed by atoms with E-state index in [-0.39, 0.29) is 23.4 Å². The summed E-state index contributed by atoms with van der Waals surface area (Å²) in [4.78, 5) is 19.4. The van der Waals surface area contributed by atoms with Crippen molar-refractivity contribution in [1.82, 2.24) is 9.97 Å². The number of para-hydroxylation sites is 2. The van der Waals surface area contributed by atoms with Crippen LogP contribution in [0.5, 0.6) is 5.75 Å². The SMILES string of the molecule is Cc1cc(NCc2cc3ccccc3[nH]c2=O)c2cccc(OC(F)(F)F)c2n1. The normalized spacial score (nSPS) is 11.7. The summed E-state index contributed by atoms with van der Waals surface area (Å²) in [6, 6.07) is 15.3. The fraction of sp³-hybridized carbons (Fsp3) is 0.143. The van der Waals surface area contributed by atoms with Gasteiger partial charge in [-0.1, -0.05) is 30.3 Å². The molecule has 0 amide bonds. The highest BCUT2D eigenvalue weighted by Gasteiger charge is 2.32. The molecule has 5 nitrogen and oxygen atoms in total. The maximum atomic E-state index is 12.7. The van der Waals surface area contributed by atoms with Crippen LogP contribution in [0, 0.1) is 6.92 Å². The monoisotopic (exact) mass is 399 g/mol. The third-order valence-electron chi connectivity index (χ3n) is 4.46. The van der Waals surface area contributed by atoms with Crippen LogP contribution in [-0.2, 0) is 6.54 Å². The molecule has 0 unspecified atom stereocenters. The average Bonchev–Trinajstić information content (AvgIpc) is 2.65. The Morgan fingerprint density at radius 3 is 2.69 bits per heavy atom. The topological polar surface area (TPSA) is 67.0 Å². The number of pyridine rings is 2. The van der Waals surface area contributed by atoms with Gasteiger partial charge >= 0.3 is 6.36 Å². The molecule has 0 aliphatic carbocycles. The fourth-order valence-corrected chi connectivity index (χ4v) is 3.22. The van der Waals surface area contributed by atoms with Crippen LogP contribution in [0.4, 0.5) is 18.9 Å². The first kappa shape index (κ1) is 18.8. The van der Waals surface area contributed by atoms with Gasteiger partial charge in [0.2, 0.25) is 0 Å². The van der Waals surface area contributed by atoms with E-state index in [2.05, 4.69) is 20.0 Å². The third-order valence-corrected chi connectivity index (χ3v) is 4.46. The summed E-state index contributed by atoms with van der Waals surface area (Å²) in [5.41, 5.74) is 2.19. The van der Waals surface area contributed by atoms with E-state index in [0.717, 1.165) is 10.9 Å². The zero-order valence-electron chi connectivity index (χ0n) is 15.3. The number of benzene rings is 2. The number of aryl methyl sites for hydroxylation is 1. The second-order valence-corrected chi connectivity index (χ2v) is 6.58. The largest absolute Gasteiger partial charge is 0.573 e. The Bertz CT molecular complexity index is 1270. The van der Waals surface area contributed by atoms with Crippen molar-refractivity contribution in [3.05, 3.63) is 76.2 Å². The molecule has 0 radical (unpaired) electrons. The van der Waals surface area contributed by atoms with Crippen molar-refractivity contribution in [2.75, 3.05) is 5.32 Å². The molecule has 0 fully saturated rings. The molecule has 2 aromatic heterocycles. The third kappa shape index (κ3) is 4.01. The van der Waals surface area contributed by atoms with E-state index in [4.69, 9.17) is 0 Å². The van der Waals surface area contributed by atoms with Crippen molar-refractivity contribution in [2.45, 2.75) is 19.8 Å². The van der Waals surface area contributed by atoms with Crippen LogP contribution in [0.2, 0.25) is 0 Å². The van der Waals surface area contributed by atoms with Crippen LogP contribution in [0.1, 0.15) is 11.3 Å². The van der Waals surface area contributed by atoms with Gasteiger partial charge in [-0.15, -0.1) is 13.2 Å². The van der Waals surface area contributed by atoms with E-state index in [1.807, 2.05) is 24.3 Å². The van der Waals surface area contributed by atoms with Gasteiger partial charge in [-0.2, -0.15) is 0 Å². The van der Waals surface area contributed by atoms with Crippen molar-refractivity contribution in [1.29, 1.82) is 0 Å². The van der Waals surface area contributed by atoms with Crippen molar-refractivity contribution in [3.8, 4) is 5.75 Å². The second-order valence-electron chi connectivity index (χ2n) is 6.58. The number of hydrogen-bond acceptors (Lipinski definition) is 4. The number of ether oxygens (including phenoxy) is 1. The molecule has 4 rings (SSSR count). The van der Waals surface area contributed by atoms with Crippen molar-refractivity contribution in [2.24, 2.45) is 0 Å². The summed E-state index contributed by atoms with van der Waals surface area (Å²) >= 11 is 0. The average molecular weight is 399 g/mol. The molecule has 0 saturated carbocycles. The first-order valence-corrected chi connectivity index (χ1v) is 8.81. The van der Waals surface area contributed by atoms with Gasteiger partial charge in [0, 0.05) is 34.4 Å². The molecule has 148 valence electrons. The summed E-state index contributed by atoms with van der Waals surface area (Å²) < 4.78 is 42.2. The first-order chi connectivity index (χ1) is 13.8. The molecule has 0 bridgehead atoms. The Kier molecular flexibility index (Phi) is 4.62. The lowest BCUT2D eigenvalue weighted by Crippen LogP contribution is -2.18. The molecule has 0 aliphatic heterocycles. The number of aromatic nitrogens is 2. The minimum atomic E-state index is -4.81. The highest BCUT2D eigenvalue weighted by Crippen LogP contribution is 2.33. The van der Waals surface area contributed by atoms with E-state index in [1.165, 1.54) is 12.1 Å². The Hall–Kier alpha value is -3.55. The number of H-pyrrole nitrogens is 1. The van der Waals surface area contributed by atoms with Crippen molar-refractivity contribution < 1.29 is 17.9 Å². The van der Waals surface area contributed by atoms with Crippen LogP contribution < -0.4 is 15.6 Å². The predicted molar refractivity (Wildman–Crippen MR) is 105 cm³/mol. The summed E-state index contributed by atoms with van der Waals surface area (Å²) in [7, 11) is 0. The standard InChI is InChI=1S/C21H16F3N3O2/c1-12-9-17(15-6-4-8-18(19(15)26-12)29-21(22,23)24)25-11-14-10-13-5-2-3-7-16(13)27-20(14)28/h2-10H,11H2,1H3,(H,25,26)(H,27,28). The zero-order valence-corrected chi connectivity index (χ0v) is 15.3. The van der Waals surface area contributed by atoms with E-state index >= 15 is 0 Å². The number of halogens is 3. The quantitative estimate of drug-likeness (QED) is 0.513. The van der Waals surface area contributed by atoms with Gasteiger partial charge in [0.05, 0.1) is 0 Å². The number of nitrogens with zero attached hydrogens (tertiary/aromatic N) is 1. The maximum Gasteiger partial charge on any atom is 0.573 e. The highest BCUT2D eigenvalue weighted by molar-refractivity contribution is 5.95. The molecule has 0 spiro atoms. The summed E-state index contributed by atoms with van der Waals surface area (Å²) in [6.07, 6.45) is -4.81. The molecule has 2 N–H and O–H groups in total. The fourth-order valence-electron chi connectivity index (χ4n) is 3.22. The molecule has 2 heterocycles. The van der Waals surface area contributed by atoms with Crippen LogP contribution >= 0.6 is 0 Å². The number of hydrogen-bond donors (Lipinski definition) is 2. The summed E-state index contributed by atoms with van der Waals surface area (Å²) in [5.74, 6) is -0.370. The van der Waals surface area contributed by atoms with Gasteiger partial charge in [0.1, 0.15) is 5.52 Å². The van der Waals surface area contributed by atoms with Crippen LogP contribution in [-0.4, -0.2) is 16.3 Å². The number of alkyl halides is 3. The van der Waals surface area contributed by atoms with E-state index in [9.17, 15) is 18.0 Å². The molecule has 2 aromatic carbocycles. The van der Waals surface area contributed by atoms with E-state index in [1.54, 1.807) is 25.1 Å². The molecule has 4 aromatic rings. The Labute approximate surface area is 163 Å². The van der Waals surface area contributed by atoms with E-state index in [0.29, 0.717) is 22.3 Å². The number of nitrogens with one attached hydrogen (secondary N) is 2. The van der Waals surface area contributed by atoms with Gasteiger partial charge in [-0.3, -0.25) is 4.79 Å². The molecular weight excluding hydrogens is 383 g/mol. The van der Waals surface area contributed by atoms with Crippen molar-refractivity contribution in [3.63, 3.8) is 0 Å². The zero-order chi connectivity index (χ0) is 20.6.